The van der Waals surface area contributed by atoms with Gasteiger partial charge in [0.15, 0.2) is 23.7 Å². The predicted molar refractivity (Wildman–Crippen MR) is 91.8 cm³/mol. The molecule has 25 heavy (non-hydrogen) atoms. The Balaban J connectivity index is 1.58. The van der Waals surface area contributed by atoms with E-state index in [0.717, 1.165) is 5.56 Å². The number of benzene rings is 2. The summed E-state index contributed by atoms with van der Waals surface area (Å²) in [4.78, 5) is 23.4. The second-order valence-electron chi connectivity index (χ2n) is 5.45. The number of carbonyl (C=O) groups excluding carboxylic acids is 1. The molecule has 0 aliphatic carbocycles. The van der Waals surface area contributed by atoms with Crippen LogP contribution in [0.5, 0.6) is 11.5 Å². The van der Waals surface area contributed by atoms with Gasteiger partial charge < -0.3 is 19.2 Å². The first-order chi connectivity index (χ1) is 12.1. The van der Waals surface area contributed by atoms with Crippen LogP contribution in [-0.2, 0) is 18.4 Å². The first-order valence-electron chi connectivity index (χ1n) is 7.69. The first-order valence-corrected chi connectivity index (χ1v) is 7.69. The third-order valence-corrected chi connectivity index (χ3v) is 3.77. The van der Waals surface area contributed by atoms with Crippen LogP contribution in [0.1, 0.15) is 5.56 Å². The van der Waals surface area contributed by atoms with Crippen molar-refractivity contribution in [3.8, 4) is 11.5 Å². The molecule has 0 fully saturated rings. The van der Waals surface area contributed by atoms with Gasteiger partial charge in [0.25, 0.3) is 5.91 Å². The fraction of sp³-hybridized carbons (Fsp3) is 0.222. The van der Waals surface area contributed by atoms with E-state index in [0.29, 0.717) is 29.1 Å². The van der Waals surface area contributed by atoms with Gasteiger partial charge in [0.1, 0.15) is 0 Å². The Hall–Kier alpha value is -3.22. The van der Waals surface area contributed by atoms with Gasteiger partial charge in [-0.2, -0.15) is 0 Å². The van der Waals surface area contributed by atoms with Crippen molar-refractivity contribution in [2.24, 2.45) is 7.05 Å². The maximum atomic E-state index is 12.0. The van der Waals surface area contributed by atoms with Gasteiger partial charge in [-0.3, -0.25) is 9.36 Å². The molecule has 0 unspecified atom stereocenters. The monoisotopic (exact) mass is 342 g/mol. The SMILES string of the molecule is COc1ccccc1OCC(=O)NCc1ccc2c(c1)oc(=O)n2C. The average Bonchev–Trinajstić information content (AvgIpc) is 2.92. The summed E-state index contributed by atoms with van der Waals surface area (Å²) in [5.74, 6) is 0.398. The van der Waals surface area contributed by atoms with Crippen LogP contribution in [0.15, 0.2) is 51.7 Å². The predicted octanol–water partition coefficient (Wildman–Crippen LogP) is 1.84. The second kappa shape index (κ2) is 7.12. The number of aryl methyl sites for hydroxylation is 1. The van der Waals surface area contributed by atoms with Gasteiger partial charge in [0.05, 0.1) is 12.6 Å². The normalized spacial score (nSPS) is 10.6. The Morgan fingerprint density at radius 3 is 2.72 bits per heavy atom. The van der Waals surface area contributed by atoms with Gasteiger partial charge in [0.2, 0.25) is 0 Å². The molecule has 0 atom stereocenters. The molecule has 0 aliphatic heterocycles. The van der Waals surface area contributed by atoms with E-state index in [4.69, 9.17) is 13.9 Å². The van der Waals surface area contributed by atoms with Crippen LogP contribution in [-0.4, -0.2) is 24.2 Å². The highest BCUT2D eigenvalue weighted by molar-refractivity contribution is 5.78. The standard InChI is InChI=1S/C18H18N2O5/c1-20-13-8-7-12(9-16(13)25-18(20)22)10-19-17(21)11-24-15-6-4-3-5-14(15)23-2/h3-9H,10-11H2,1-2H3,(H,19,21). The Labute approximate surface area is 143 Å². The van der Waals surface area contributed by atoms with Gasteiger partial charge >= 0.3 is 5.76 Å². The summed E-state index contributed by atoms with van der Waals surface area (Å²) in [6, 6.07) is 12.5. The molecule has 0 spiro atoms. The second-order valence-corrected chi connectivity index (χ2v) is 5.45. The van der Waals surface area contributed by atoms with Gasteiger partial charge in [-0.1, -0.05) is 18.2 Å². The van der Waals surface area contributed by atoms with E-state index in [2.05, 4.69) is 5.32 Å². The molecule has 1 amide bonds. The number of para-hydroxylation sites is 2. The minimum absolute atomic E-state index is 0.122. The molecule has 130 valence electrons. The summed E-state index contributed by atoms with van der Waals surface area (Å²) < 4.78 is 17.2. The number of hydrogen-bond acceptors (Lipinski definition) is 5. The average molecular weight is 342 g/mol. The maximum Gasteiger partial charge on any atom is 0.419 e. The number of carbonyl (C=O) groups is 1. The minimum Gasteiger partial charge on any atom is -0.493 e. The number of aromatic nitrogens is 1. The molecule has 0 bridgehead atoms. The number of methoxy groups -OCH3 is 1. The maximum absolute atomic E-state index is 12.0. The third-order valence-electron chi connectivity index (χ3n) is 3.77. The molecule has 3 rings (SSSR count). The molecule has 0 radical (unpaired) electrons. The van der Waals surface area contributed by atoms with E-state index in [1.165, 1.54) is 4.57 Å². The summed E-state index contributed by atoms with van der Waals surface area (Å²) in [7, 11) is 3.19. The summed E-state index contributed by atoms with van der Waals surface area (Å²) in [5.41, 5.74) is 2.02. The quantitative estimate of drug-likeness (QED) is 0.739. The Bertz CT molecular complexity index is 957. The molecule has 3 aromatic rings. The summed E-state index contributed by atoms with van der Waals surface area (Å²) in [5, 5.41) is 2.76. The van der Waals surface area contributed by atoms with Gasteiger partial charge in [-0.05, 0) is 29.8 Å². The lowest BCUT2D eigenvalue weighted by Gasteiger charge is -2.10. The highest BCUT2D eigenvalue weighted by Gasteiger charge is 2.09. The lowest BCUT2D eigenvalue weighted by Crippen LogP contribution is -2.28. The summed E-state index contributed by atoms with van der Waals surface area (Å²) in [6.45, 7) is 0.186. The van der Waals surface area contributed by atoms with Gasteiger partial charge in [-0.25, -0.2) is 4.79 Å². The van der Waals surface area contributed by atoms with Crippen molar-refractivity contribution in [1.82, 2.24) is 9.88 Å². The molecule has 0 saturated carbocycles. The zero-order valence-corrected chi connectivity index (χ0v) is 13.9. The fourth-order valence-electron chi connectivity index (χ4n) is 2.42. The van der Waals surface area contributed by atoms with Crippen LogP contribution in [0.25, 0.3) is 11.1 Å². The van der Waals surface area contributed by atoms with E-state index in [1.807, 2.05) is 12.1 Å². The van der Waals surface area contributed by atoms with Crippen LogP contribution < -0.4 is 20.5 Å². The smallest absolute Gasteiger partial charge is 0.419 e. The first kappa shape index (κ1) is 16.6. The van der Waals surface area contributed by atoms with Crippen molar-refractivity contribution < 1.29 is 18.7 Å². The van der Waals surface area contributed by atoms with Crippen LogP contribution >= 0.6 is 0 Å². The largest absolute Gasteiger partial charge is 0.493 e. The number of nitrogens with zero attached hydrogens (tertiary/aromatic N) is 1. The van der Waals surface area contributed by atoms with Crippen molar-refractivity contribution in [2.45, 2.75) is 6.54 Å². The summed E-state index contributed by atoms with van der Waals surface area (Å²) in [6.07, 6.45) is 0. The molecule has 1 aromatic heterocycles. The van der Waals surface area contributed by atoms with E-state index < -0.39 is 5.76 Å². The molecule has 7 heteroatoms. The molecule has 1 heterocycles. The van der Waals surface area contributed by atoms with Crippen LogP contribution in [0.4, 0.5) is 0 Å². The third kappa shape index (κ3) is 3.65. The number of rotatable bonds is 6. The van der Waals surface area contributed by atoms with E-state index in [1.54, 1.807) is 44.5 Å². The van der Waals surface area contributed by atoms with Crippen LogP contribution in [0.2, 0.25) is 0 Å². The zero-order chi connectivity index (χ0) is 17.8. The van der Waals surface area contributed by atoms with Gasteiger partial charge in [-0.15, -0.1) is 0 Å². The number of amides is 1. The highest BCUT2D eigenvalue weighted by Crippen LogP contribution is 2.25. The molecule has 1 N–H and O–H groups in total. The molecule has 0 saturated heterocycles. The van der Waals surface area contributed by atoms with Crippen LogP contribution in [0.3, 0.4) is 0 Å². The molecular weight excluding hydrogens is 324 g/mol. The molecular formula is C18H18N2O5. The Morgan fingerprint density at radius 2 is 1.96 bits per heavy atom. The van der Waals surface area contributed by atoms with E-state index >= 15 is 0 Å². The molecule has 2 aromatic carbocycles. The molecule has 0 aliphatic rings. The zero-order valence-electron chi connectivity index (χ0n) is 13.9. The fourth-order valence-corrected chi connectivity index (χ4v) is 2.42. The van der Waals surface area contributed by atoms with Crippen molar-refractivity contribution >= 4 is 17.0 Å². The van der Waals surface area contributed by atoms with Crippen LogP contribution in [0, 0.1) is 0 Å². The van der Waals surface area contributed by atoms with E-state index in [9.17, 15) is 9.59 Å². The van der Waals surface area contributed by atoms with Crippen molar-refractivity contribution in [3.05, 3.63) is 58.6 Å². The van der Waals surface area contributed by atoms with Crippen molar-refractivity contribution in [2.75, 3.05) is 13.7 Å². The number of nitrogens with one attached hydrogen (secondary N) is 1. The number of hydrogen-bond donors (Lipinski definition) is 1. The molecule has 7 nitrogen and oxygen atoms in total. The number of fused-ring (bicyclic) bond motifs is 1. The van der Waals surface area contributed by atoms with Gasteiger partial charge in [0, 0.05) is 13.6 Å². The lowest BCUT2D eigenvalue weighted by atomic mass is 10.2. The van der Waals surface area contributed by atoms with E-state index in [-0.39, 0.29) is 12.5 Å². The van der Waals surface area contributed by atoms with Crippen molar-refractivity contribution in [3.63, 3.8) is 0 Å². The minimum atomic E-state index is -0.415. The number of ether oxygens (including phenoxy) is 2. The number of oxazole rings is 1. The van der Waals surface area contributed by atoms with Crippen molar-refractivity contribution in [1.29, 1.82) is 0 Å². The Morgan fingerprint density at radius 1 is 1.20 bits per heavy atom. The lowest BCUT2D eigenvalue weighted by molar-refractivity contribution is -0.123. The topological polar surface area (TPSA) is 82.7 Å². The Kier molecular flexibility index (Phi) is 4.74. The highest BCUT2D eigenvalue weighted by atomic mass is 16.5. The summed E-state index contributed by atoms with van der Waals surface area (Å²) >= 11 is 0.